The summed E-state index contributed by atoms with van der Waals surface area (Å²) in [5.74, 6) is -1.69. The van der Waals surface area contributed by atoms with Crippen LogP contribution < -0.4 is 5.73 Å². The molecule has 0 atom stereocenters. The first-order valence-corrected chi connectivity index (χ1v) is 5.25. The standard InChI is InChI=1S/C12H6N2O5/c13-6-1-5-2-7(14(17)18)4-9-10(5)8(3-6)11(15)19-12(9)16/h1-4H,13H2. The number of hydrogen-bond acceptors (Lipinski definition) is 6. The molecular formula is C12H6N2O5. The highest BCUT2D eigenvalue weighted by Crippen LogP contribution is 2.33. The number of benzene rings is 2. The molecule has 0 fully saturated rings. The van der Waals surface area contributed by atoms with Crippen molar-refractivity contribution in [2.24, 2.45) is 0 Å². The average molecular weight is 258 g/mol. The van der Waals surface area contributed by atoms with Gasteiger partial charge in [0.25, 0.3) is 5.69 Å². The molecule has 0 spiro atoms. The van der Waals surface area contributed by atoms with Gasteiger partial charge in [0.2, 0.25) is 0 Å². The molecule has 7 heteroatoms. The van der Waals surface area contributed by atoms with Gasteiger partial charge in [-0.15, -0.1) is 0 Å². The van der Waals surface area contributed by atoms with Crippen molar-refractivity contribution in [2.45, 2.75) is 0 Å². The molecule has 94 valence electrons. The fourth-order valence-corrected chi connectivity index (χ4v) is 2.14. The molecule has 0 saturated carbocycles. The van der Waals surface area contributed by atoms with Crippen LogP contribution in [0.1, 0.15) is 20.7 Å². The lowest BCUT2D eigenvalue weighted by molar-refractivity contribution is -0.384. The predicted molar refractivity (Wildman–Crippen MR) is 64.8 cm³/mol. The van der Waals surface area contributed by atoms with Crippen molar-refractivity contribution < 1.29 is 19.2 Å². The van der Waals surface area contributed by atoms with Crippen molar-refractivity contribution in [2.75, 3.05) is 5.73 Å². The fourth-order valence-electron chi connectivity index (χ4n) is 2.14. The molecule has 0 aliphatic carbocycles. The van der Waals surface area contributed by atoms with E-state index in [0.29, 0.717) is 10.8 Å². The number of anilines is 1. The van der Waals surface area contributed by atoms with Crippen molar-refractivity contribution in [3.63, 3.8) is 0 Å². The number of rotatable bonds is 1. The predicted octanol–water partition coefficient (Wildman–Crippen LogP) is 1.64. The molecule has 1 aliphatic heterocycles. The third kappa shape index (κ3) is 1.52. The Bertz CT molecular complexity index is 781. The number of esters is 2. The first-order chi connectivity index (χ1) is 8.97. The van der Waals surface area contributed by atoms with Crippen molar-refractivity contribution in [3.05, 3.63) is 45.5 Å². The fraction of sp³-hybridized carbons (Fsp3) is 0. The minimum absolute atomic E-state index is 0.00111. The highest BCUT2D eigenvalue weighted by Gasteiger charge is 2.29. The number of nitro benzene ring substituents is 1. The van der Waals surface area contributed by atoms with E-state index in [0.717, 1.165) is 6.07 Å². The number of nitrogens with zero attached hydrogens (tertiary/aromatic N) is 1. The summed E-state index contributed by atoms with van der Waals surface area (Å²) in [4.78, 5) is 33.5. The maximum atomic E-state index is 11.6. The van der Waals surface area contributed by atoms with E-state index < -0.39 is 16.9 Å². The number of hydrogen-bond donors (Lipinski definition) is 1. The van der Waals surface area contributed by atoms with Crippen LogP contribution in [0.25, 0.3) is 10.8 Å². The van der Waals surface area contributed by atoms with Crippen LogP contribution in [0.2, 0.25) is 0 Å². The summed E-state index contributed by atoms with van der Waals surface area (Å²) in [7, 11) is 0. The molecule has 0 bridgehead atoms. The monoisotopic (exact) mass is 258 g/mol. The zero-order valence-electron chi connectivity index (χ0n) is 9.38. The lowest BCUT2D eigenvalue weighted by atomic mass is 9.96. The number of nitrogen functional groups attached to an aromatic ring is 1. The van der Waals surface area contributed by atoms with Gasteiger partial charge < -0.3 is 10.5 Å². The van der Waals surface area contributed by atoms with E-state index in [1.165, 1.54) is 18.2 Å². The number of non-ortho nitro benzene ring substituents is 1. The Morgan fingerprint density at radius 3 is 2.32 bits per heavy atom. The van der Waals surface area contributed by atoms with Gasteiger partial charge in [0.15, 0.2) is 0 Å². The molecule has 2 aromatic carbocycles. The van der Waals surface area contributed by atoms with Crippen LogP contribution in [0.5, 0.6) is 0 Å². The topological polar surface area (TPSA) is 113 Å². The Balaban J connectivity index is 2.50. The lowest BCUT2D eigenvalue weighted by Gasteiger charge is -2.15. The van der Waals surface area contributed by atoms with Crippen molar-refractivity contribution in [1.82, 2.24) is 0 Å². The van der Waals surface area contributed by atoms with Gasteiger partial charge in [-0.1, -0.05) is 0 Å². The quantitative estimate of drug-likeness (QED) is 0.273. The van der Waals surface area contributed by atoms with E-state index in [4.69, 9.17) is 5.73 Å². The molecule has 1 aliphatic rings. The number of carbonyl (C=O) groups excluding carboxylic acids is 2. The molecule has 0 radical (unpaired) electrons. The second-order valence-electron chi connectivity index (χ2n) is 4.09. The summed E-state index contributed by atoms with van der Waals surface area (Å²) in [5.41, 5.74) is 5.78. The van der Waals surface area contributed by atoms with Crippen molar-refractivity contribution >= 4 is 34.1 Å². The molecule has 0 amide bonds. The van der Waals surface area contributed by atoms with Crippen LogP contribution in [0, 0.1) is 10.1 Å². The molecule has 0 aromatic heterocycles. The molecule has 7 nitrogen and oxygen atoms in total. The second-order valence-corrected chi connectivity index (χ2v) is 4.09. The van der Waals surface area contributed by atoms with Crippen LogP contribution in [0.3, 0.4) is 0 Å². The van der Waals surface area contributed by atoms with Crippen molar-refractivity contribution in [3.8, 4) is 0 Å². The van der Waals surface area contributed by atoms with E-state index in [1.54, 1.807) is 0 Å². The maximum absolute atomic E-state index is 11.6. The zero-order valence-corrected chi connectivity index (χ0v) is 9.38. The van der Waals surface area contributed by atoms with Crippen LogP contribution in [0.15, 0.2) is 24.3 Å². The van der Waals surface area contributed by atoms with E-state index >= 15 is 0 Å². The summed E-state index contributed by atoms with van der Waals surface area (Å²) in [6, 6.07) is 5.22. The molecule has 0 unspecified atom stereocenters. The van der Waals surface area contributed by atoms with Gasteiger partial charge in [-0.2, -0.15) is 0 Å². The van der Waals surface area contributed by atoms with Gasteiger partial charge in [-0.05, 0) is 17.5 Å². The van der Waals surface area contributed by atoms with Crippen LogP contribution >= 0.6 is 0 Å². The molecule has 0 saturated heterocycles. The van der Waals surface area contributed by atoms with Gasteiger partial charge >= 0.3 is 11.9 Å². The molecule has 1 heterocycles. The smallest absolute Gasteiger partial charge is 0.346 e. The third-order valence-corrected chi connectivity index (χ3v) is 2.89. The number of carbonyl (C=O) groups is 2. The number of cyclic esters (lactones) is 2. The SMILES string of the molecule is Nc1cc2c3c(cc([N+](=O)[O-])cc3c1)C(=O)OC2=O. The normalized spacial score (nSPS) is 13.5. The second kappa shape index (κ2) is 3.52. The van der Waals surface area contributed by atoms with Gasteiger partial charge in [-0.25, -0.2) is 9.59 Å². The molecule has 3 rings (SSSR count). The first-order valence-electron chi connectivity index (χ1n) is 5.25. The van der Waals surface area contributed by atoms with Crippen LogP contribution in [-0.2, 0) is 4.74 Å². The Kier molecular flexibility index (Phi) is 2.06. The van der Waals surface area contributed by atoms with E-state index in [9.17, 15) is 19.7 Å². The summed E-state index contributed by atoms with van der Waals surface area (Å²) in [6.45, 7) is 0. The first kappa shape index (κ1) is 11.1. The highest BCUT2D eigenvalue weighted by atomic mass is 16.6. The van der Waals surface area contributed by atoms with E-state index in [2.05, 4.69) is 4.74 Å². The summed E-state index contributed by atoms with van der Waals surface area (Å²) in [6.07, 6.45) is 0. The lowest BCUT2D eigenvalue weighted by Crippen LogP contribution is -2.20. The van der Waals surface area contributed by atoms with E-state index in [1.807, 2.05) is 0 Å². The van der Waals surface area contributed by atoms with E-state index in [-0.39, 0.29) is 22.5 Å². The minimum Gasteiger partial charge on any atom is -0.399 e. The van der Waals surface area contributed by atoms with Gasteiger partial charge in [0.1, 0.15) is 0 Å². The highest BCUT2D eigenvalue weighted by molar-refractivity contribution is 6.21. The Morgan fingerprint density at radius 1 is 1.05 bits per heavy atom. The number of nitrogens with two attached hydrogens (primary N) is 1. The average Bonchev–Trinajstić information content (AvgIpc) is 2.34. The van der Waals surface area contributed by atoms with Gasteiger partial charge in [0, 0.05) is 23.2 Å². The van der Waals surface area contributed by atoms with Crippen LogP contribution in [0.4, 0.5) is 11.4 Å². The Morgan fingerprint density at radius 2 is 1.68 bits per heavy atom. The van der Waals surface area contributed by atoms with Crippen molar-refractivity contribution in [1.29, 1.82) is 0 Å². The Hall–Kier alpha value is -2.96. The van der Waals surface area contributed by atoms with Gasteiger partial charge in [0.05, 0.1) is 16.1 Å². The third-order valence-electron chi connectivity index (χ3n) is 2.89. The van der Waals surface area contributed by atoms with Crippen LogP contribution in [-0.4, -0.2) is 16.9 Å². The minimum atomic E-state index is -0.893. The molecular weight excluding hydrogens is 252 g/mol. The Labute approximate surface area is 105 Å². The number of nitro groups is 1. The summed E-state index contributed by atoms with van der Waals surface area (Å²) < 4.78 is 4.54. The molecule has 2 N–H and O–H groups in total. The molecule has 19 heavy (non-hydrogen) atoms. The summed E-state index contributed by atoms with van der Waals surface area (Å²) in [5, 5.41) is 11.5. The number of ether oxygens (including phenoxy) is 1. The van der Waals surface area contributed by atoms with Gasteiger partial charge in [-0.3, -0.25) is 10.1 Å². The summed E-state index contributed by atoms with van der Waals surface area (Å²) >= 11 is 0. The largest absolute Gasteiger partial charge is 0.399 e. The maximum Gasteiger partial charge on any atom is 0.346 e. The zero-order chi connectivity index (χ0) is 13.7. The molecule has 2 aromatic rings.